The molecule has 8 heteroatoms. The number of para-hydroxylation sites is 1. The van der Waals surface area contributed by atoms with Crippen LogP contribution in [0.4, 0.5) is 5.69 Å². The molecule has 2 aromatic rings. The van der Waals surface area contributed by atoms with E-state index in [9.17, 15) is 9.59 Å². The maximum Gasteiger partial charge on any atom is 0.254 e. The molecule has 0 N–H and O–H groups in total. The van der Waals surface area contributed by atoms with Crippen LogP contribution < -0.4 is 9.64 Å². The zero-order chi connectivity index (χ0) is 23.4. The zero-order valence-electron chi connectivity index (χ0n) is 19.4. The maximum atomic E-state index is 13.3. The van der Waals surface area contributed by atoms with Gasteiger partial charge in [-0.1, -0.05) is 24.3 Å². The lowest BCUT2D eigenvalue weighted by atomic mass is 10.00. The highest BCUT2D eigenvalue weighted by molar-refractivity contribution is 5.96. The highest BCUT2D eigenvalue weighted by Gasteiger charge is 2.46. The summed E-state index contributed by atoms with van der Waals surface area (Å²) in [6.07, 6.45) is 0.699. The Morgan fingerprint density at radius 1 is 1.00 bits per heavy atom. The summed E-state index contributed by atoms with van der Waals surface area (Å²) >= 11 is 0. The minimum absolute atomic E-state index is 0.0311. The van der Waals surface area contributed by atoms with Gasteiger partial charge in [0.2, 0.25) is 0 Å². The van der Waals surface area contributed by atoms with Crippen molar-refractivity contribution in [3.05, 3.63) is 60.2 Å². The van der Waals surface area contributed by atoms with Gasteiger partial charge in [-0.3, -0.25) is 14.5 Å². The highest BCUT2D eigenvalue weighted by Crippen LogP contribution is 2.33. The van der Waals surface area contributed by atoms with Crippen LogP contribution in [0.3, 0.4) is 0 Å². The summed E-state index contributed by atoms with van der Waals surface area (Å²) < 4.78 is 17.3. The Balaban J connectivity index is 1.19. The molecule has 34 heavy (non-hydrogen) atoms. The first-order valence-electron chi connectivity index (χ1n) is 11.9. The van der Waals surface area contributed by atoms with Gasteiger partial charge < -0.3 is 24.0 Å². The van der Waals surface area contributed by atoms with Crippen molar-refractivity contribution >= 4 is 17.5 Å². The van der Waals surface area contributed by atoms with Crippen LogP contribution in [0.1, 0.15) is 16.8 Å². The summed E-state index contributed by atoms with van der Waals surface area (Å²) in [5.41, 5.74) is 0.931. The van der Waals surface area contributed by atoms with Gasteiger partial charge in [-0.2, -0.15) is 0 Å². The molecule has 2 aromatic carbocycles. The number of hydrogen-bond acceptors (Lipinski definition) is 6. The molecule has 0 saturated carbocycles. The quantitative estimate of drug-likeness (QED) is 0.650. The molecule has 3 heterocycles. The van der Waals surface area contributed by atoms with Crippen molar-refractivity contribution in [1.82, 2.24) is 9.80 Å². The Kier molecular flexibility index (Phi) is 6.80. The first-order valence-corrected chi connectivity index (χ1v) is 11.9. The molecule has 3 fully saturated rings. The molecule has 3 aliphatic rings. The molecule has 0 radical (unpaired) electrons. The van der Waals surface area contributed by atoms with Crippen LogP contribution in [0, 0.1) is 0 Å². The monoisotopic (exact) mass is 465 g/mol. The van der Waals surface area contributed by atoms with Gasteiger partial charge in [-0.05, 0) is 36.8 Å². The first kappa shape index (κ1) is 22.8. The van der Waals surface area contributed by atoms with E-state index in [-0.39, 0.29) is 18.4 Å². The van der Waals surface area contributed by atoms with Crippen molar-refractivity contribution in [2.45, 2.75) is 12.0 Å². The van der Waals surface area contributed by atoms with Crippen LogP contribution in [0.25, 0.3) is 0 Å². The van der Waals surface area contributed by atoms with E-state index in [0.717, 1.165) is 38.5 Å². The van der Waals surface area contributed by atoms with E-state index < -0.39 is 5.60 Å². The molecule has 5 rings (SSSR count). The van der Waals surface area contributed by atoms with Gasteiger partial charge in [0, 0.05) is 37.4 Å². The van der Waals surface area contributed by atoms with E-state index in [2.05, 4.69) is 4.90 Å². The lowest BCUT2D eigenvalue weighted by Gasteiger charge is -2.40. The second kappa shape index (κ2) is 10.1. The lowest BCUT2D eigenvalue weighted by molar-refractivity contribution is -0.137. The van der Waals surface area contributed by atoms with Gasteiger partial charge in [0.1, 0.15) is 24.6 Å². The fourth-order valence-electron chi connectivity index (χ4n) is 4.84. The smallest absolute Gasteiger partial charge is 0.254 e. The van der Waals surface area contributed by atoms with Crippen molar-refractivity contribution in [1.29, 1.82) is 0 Å². The SMILES string of the molecule is O=C(c1cccc(OCCN2CCOCC2)c1)N1CCC2(C1)CN(c1ccccc1)C(=O)CO2. The number of nitrogens with zero attached hydrogens (tertiary/aromatic N) is 3. The van der Waals surface area contributed by atoms with Crippen molar-refractivity contribution in [3.63, 3.8) is 0 Å². The van der Waals surface area contributed by atoms with Crippen LogP contribution in [0.15, 0.2) is 54.6 Å². The second-order valence-corrected chi connectivity index (χ2v) is 9.09. The number of carbonyl (C=O) groups excluding carboxylic acids is 2. The van der Waals surface area contributed by atoms with E-state index in [4.69, 9.17) is 14.2 Å². The van der Waals surface area contributed by atoms with Gasteiger partial charge >= 0.3 is 0 Å². The Hall–Kier alpha value is -2.94. The average Bonchev–Trinajstić information content (AvgIpc) is 3.30. The fraction of sp³-hybridized carbons (Fsp3) is 0.462. The predicted octanol–water partition coefficient (Wildman–Crippen LogP) is 2.05. The molecular weight excluding hydrogens is 434 g/mol. The fourth-order valence-corrected chi connectivity index (χ4v) is 4.84. The molecule has 180 valence electrons. The first-order chi connectivity index (χ1) is 16.6. The van der Waals surface area contributed by atoms with Crippen LogP contribution in [0.5, 0.6) is 5.75 Å². The van der Waals surface area contributed by atoms with E-state index >= 15 is 0 Å². The third-order valence-corrected chi connectivity index (χ3v) is 6.78. The molecule has 1 spiro atoms. The van der Waals surface area contributed by atoms with Crippen molar-refractivity contribution < 1.29 is 23.8 Å². The molecule has 1 unspecified atom stereocenters. The number of morpholine rings is 2. The second-order valence-electron chi connectivity index (χ2n) is 9.09. The molecular formula is C26H31N3O5. The van der Waals surface area contributed by atoms with Gasteiger partial charge in [0.25, 0.3) is 11.8 Å². The normalized spacial score (nSPS) is 23.5. The number of hydrogen-bond donors (Lipinski definition) is 0. The van der Waals surface area contributed by atoms with Crippen molar-refractivity contribution in [2.24, 2.45) is 0 Å². The Morgan fingerprint density at radius 3 is 2.65 bits per heavy atom. The molecule has 2 amide bonds. The average molecular weight is 466 g/mol. The summed E-state index contributed by atoms with van der Waals surface area (Å²) in [5, 5.41) is 0. The van der Waals surface area contributed by atoms with Crippen molar-refractivity contribution in [2.75, 3.05) is 70.6 Å². The molecule has 0 aromatic heterocycles. The number of likely N-dealkylation sites (tertiary alicyclic amines) is 1. The molecule has 3 saturated heterocycles. The Bertz CT molecular complexity index is 1010. The standard InChI is InChI=1S/C26H31N3O5/c30-24-18-34-26(20-29(24)22-6-2-1-3-7-22)9-10-28(19-26)25(31)21-5-4-8-23(17-21)33-16-13-27-11-14-32-15-12-27/h1-8,17H,9-16,18-20H2. The van der Waals surface area contributed by atoms with Crippen LogP contribution in [-0.4, -0.2) is 92.9 Å². The Morgan fingerprint density at radius 2 is 1.82 bits per heavy atom. The number of rotatable bonds is 6. The summed E-state index contributed by atoms with van der Waals surface area (Å²) in [6.45, 7) is 6.33. The zero-order valence-corrected chi connectivity index (χ0v) is 19.4. The predicted molar refractivity (Wildman–Crippen MR) is 127 cm³/mol. The third kappa shape index (κ3) is 5.09. The van der Waals surface area contributed by atoms with Gasteiger partial charge in [0.15, 0.2) is 0 Å². The van der Waals surface area contributed by atoms with E-state index in [1.807, 2.05) is 59.5 Å². The summed E-state index contributed by atoms with van der Waals surface area (Å²) in [5.74, 6) is 0.605. The lowest BCUT2D eigenvalue weighted by Crippen LogP contribution is -2.56. The summed E-state index contributed by atoms with van der Waals surface area (Å²) in [7, 11) is 0. The third-order valence-electron chi connectivity index (χ3n) is 6.78. The number of benzene rings is 2. The molecule has 0 aliphatic carbocycles. The van der Waals surface area contributed by atoms with Crippen molar-refractivity contribution in [3.8, 4) is 5.75 Å². The van der Waals surface area contributed by atoms with Crippen LogP contribution in [-0.2, 0) is 14.3 Å². The minimum Gasteiger partial charge on any atom is -0.492 e. The number of anilines is 1. The van der Waals surface area contributed by atoms with Crippen LogP contribution >= 0.6 is 0 Å². The number of carbonyl (C=O) groups is 2. The minimum atomic E-state index is -0.536. The number of amides is 2. The molecule has 3 aliphatic heterocycles. The van der Waals surface area contributed by atoms with Gasteiger partial charge in [-0.25, -0.2) is 0 Å². The molecule has 1 atom stereocenters. The summed E-state index contributed by atoms with van der Waals surface area (Å²) in [6, 6.07) is 17.0. The molecule has 8 nitrogen and oxygen atoms in total. The van der Waals surface area contributed by atoms with E-state index in [1.165, 1.54) is 0 Å². The summed E-state index contributed by atoms with van der Waals surface area (Å²) in [4.78, 5) is 31.7. The molecule has 0 bridgehead atoms. The van der Waals surface area contributed by atoms with Gasteiger partial charge in [0.05, 0.1) is 26.3 Å². The topological polar surface area (TPSA) is 71.5 Å². The largest absolute Gasteiger partial charge is 0.492 e. The highest BCUT2D eigenvalue weighted by atomic mass is 16.5. The van der Waals surface area contributed by atoms with E-state index in [0.29, 0.717) is 44.0 Å². The van der Waals surface area contributed by atoms with E-state index in [1.54, 1.807) is 4.90 Å². The van der Waals surface area contributed by atoms with Crippen LogP contribution in [0.2, 0.25) is 0 Å². The van der Waals surface area contributed by atoms with Gasteiger partial charge in [-0.15, -0.1) is 0 Å². The maximum absolute atomic E-state index is 13.3. The Labute approximate surface area is 200 Å². The number of ether oxygens (including phenoxy) is 3.